The van der Waals surface area contributed by atoms with Crippen molar-refractivity contribution in [2.75, 3.05) is 32.6 Å². The molecule has 0 amide bonds. The Kier molecular flexibility index (Phi) is 10.4. The van der Waals surface area contributed by atoms with Crippen molar-refractivity contribution in [3.8, 4) is 0 Å². The first-order chi connectivity index (χ1) is 13.7. The average molecular weight is 535 g/mol. The van der Waals surface area contributed by atoms with Crippen molar-refractivity contribution in [3.05, 3.63) is 59.3 Å². The zero-order chi connectivity index (χ0) is 21.4. The van der Waals surface area contributed by atoms with Gasteiger partial charge in [-0.25, -0.2) is 4.98 Å². The van der Waals surface area contributed by atoms with Crippen molar-refractivity contribution in [2.24, 2.45) is 4.99 Å². The summed E-state index contributed by atoms with van der Waals surface area (Å²) in [5.41, 5.74) is 0.950. The number of nitrogens with one attached hydrogen (secondary N) is 2. The van der Waals surface area contributed by atoms with Crippen molar-refractivity contribution in [3.63, 3.8) is 0 Å². The van der Waals surface area contributed by atoms with Crippen molar-refractivity contribution in [1.29, 1.82) is 0 Å². The summed E-state index contributed by atoms with van der Waals surface area (Å²) < 4.78 is 38.7. The van der Waals surface area contributed by atoms with Crippen molar-refractivity contribution in [2.45, 2.75) is 32.0 Å². The first kappa shape index (κ1) is 26.0. The zero-order valence-corrected chi connectivity index (χ0v) is 20.0. The molecule has 9 heteroatoms. The molecule has 1 atom stereocenters. The van der Waals surface area contributed by atoms with Crippen LogP contribution >= 0.6 is 24.0 Å². The second-order valence-electron chi connectivity index (χ2n) is 7.05. The fraction of sp³-hybridized carbons (Fsp3) is 0.429. The monoisotopic (exact) mass is 535 g/mol. The van der Waals surface area contributed by atoms with E-state index >= 15 is 0 Å². The van der Waals surface area contributed by atoms with Crippen molar-refractivity contribution < 1.29 is 13.2 Å². The number of aromatic nitrogens is 1. The Morgan fingerprint density at radius 3 is 2.47 bits per heavy atom. The van der Waals surface area contributed by atoms with Gasteiger partial charge in [-0.3, -0.25) is 4.99 Å². The quantitative estimate of drug-likeness (QED) is 0.308. The molecule has 0 spiro atoms. The van der Waals surface area contributed by atoms with Crippen LogP contribution in [0.2, 0.25) is 0 Å². The SMILES string of the molecule is CN=C(NCCC(C)c1cccc(C(F)(F)F)c1)NCc1cccc(N(C)C)n1.I. The van der Waals surface area contributed by atoms with Crippen LogP contribution in [-0.2, 0) is 12.7 Å². The third kappa shape index (κ3) is 8.00. The molecule has 0 aliphatic carbocycles. The molecular weight excluding hydrogens is 506 g/mol. The first-order valence-corrected chi connectivity index (χ1v) is 9.45. The maximum absolute atomic E-state index is 12.9. The van der Waals surface area contributed by atoms with E-state index in [0.717, 1.165) is 17.6 Å². The van der Waals surface area contributed by atoms with Crippen LogP contribution < -0.4 is 15.5 Å². The highest BCUT2D eigenvalue weighted by molar-refractivity contribution is 14.0. The van der Waals surface area contributed by atoms with Crippen LogP contribution in [0.15, 0.2) is 47.5 Å². The minimum Gasteiger partial charge on any atom is -0.363 e. The minimum atomic E-state index is -4.32. The molecule has 1 unspecified atom stereocenters. The molecule has 166 valence electrons. The molecule has 2 rings (SSSR count). The van der Waals surface area contributed by atoms with E-state index in [-0.39, 0.29) is 29.9 Å². The van der Waals surface area contributed by atoms with Gasteiger partial charge in [-0.2, -0.15) is 13.2 Å². The van der Waals surface area contributed by atoms with Crippen LogP contribution in [-0.4, -0.2) is 38.6 Å². The van der Waals surface area contributed by atoms with E-state index in [1.807, 2.05) is 44.1 Å². The summed E-state index contributed by atoms with van der Waals surface area (Å²) >= 11 is 0. The second-order valence-corrected chi connectivity index (χ2v) is 7.05. The lowest BCUT2D eigenvalue weighted by Gasteiger charge is -2.17. The Morgan fingerprint density at radius 2 is 1.83 bits per heavy atom. The van der Waals surface area contributed by atoms with Gasteiger partial charge in [0.1, 0.15) is 5.82 Å². The van der Waals surface area contributed by atoms with E-state index in [1.54, 1.807) is 13.1 Å². The van der Waals surface area contributed by atoms with Gasteiger partial charge in [-0.1, -0.05) is 31.2 Å². The van der Waals surface area contributed by atoms with Crippen LogP contribution in [0.4, 0.5) is 19.0 Å². The number of hydrogen-bond acceptors (Lipinski definition) is 3. The summed E-state index contributed by atoms with van der Waals surface area (Å²) in [4.78, 5) is 10.7. The lowest BCUT2D eigenvalue weighted by Crippen LogP contribution is -2.37. The highest BCUT2D eigenvalue weighted by atomic mass is 127. The summed E-state index contributed by atoms with van der Waals surface area (Å²) in [6.45, 7) is 3.02. The Hall–Kier alpha value is -2.04. The number of aliphatic imine (C=N–C) groups is 1. The highest BCUT2D eigenvalue weighted by Gasteiger charge is 2.30. The number of benzene rings is 1. The summed E-state index contributed by atoms with van der Waals surface area (Å²) in [6, 6.07) is 11.3. The maximum Gasteiger partial charge on any atom is 0.416 e. The minimum absolute atomic E-state index is 0. The van der Waals surface area contributed by atoms with Gasteiger partial charge in [0.2, 0.25) is 0 Å². The molecule has 1 heterocycles. The third-order valence-electron chi connectivity index (χ3n) is 4.56. The van der Waals surface area contributed by atoms with E-state index < -0.39 is 11.7 Å². The van der Waals surface area contributed by atoms with Gasteiger partial charge in [-0.15, -0.1) is 24.0 Å². The highest BCUT2D eigenvalue weighted by Crippen LogP contribution is 2.31. The van der Waals surface area contributed by atoms with Gasteiger partial charge < -0.3 is 15.5 Å². The van der Waals surface area contributed by atoms with Crippen LogP contribution in [0.25, 0.3) is 0 Å². The molecule has 30 heavy (non-hydrogen) atoms. The molecule has 1 aromatic heterocycles. The smallest absolute Gasteiger partial charge is 0.363 e. The standard InChI is InChI=1S/C21H28F3N5.HI/c1-15(16-7-5-8-17(13-16)21(22,23)24)11-12-26-20(25-2)27-14-18-9-6-10-19(28-18)29(3)4;/h5-10,13,15H,11-12,14H2,1-4H3,(H2,25,26,27);1H. The van der Waals surface area contributed by atoms with Gasteiger partial charge in [0.25, 0.3) is 0 Å². The van der Waals surface area contributed by atoms with Crippen LogP contribution in [0.3, 0.4) is 0 Å². The number of nitrogens with zero attached hydrogens (tertiary/aromatic N) is 3. The molecule has 0 aliphatic rings. The Labute approximate surface area is 193 Å². The lowest BCUT2D eigenvalue weighted by molar-refractivity contribution is -0.137. The summed E-state index contributed by atoms with van der Waals surface area (Å²) in [5, 5.41) is 6.40. The third-order valence-corrected chi connectivity index (χ3v) is 4.56. The largest absolute Gasteiger partial charge is 0.416 e. The molecule has 0 saturated carbocycles. The summed E-state index contributed by atoms with van der Waals surface area (Å²) in [5.74, 6) is 1.49. The number of rotatable bonds is 7. The number of anilines is 1. The molecule has 0 bridgehead atoms. The predicted octanol–water partition coefficient (Wildman–Crippen LogP) is 4.64. The maximum atomic E-state index is 12.9. The number of alkyl halides is 3. The van der Waals surface area contributed by atoms with Gasteiger partial charge in [0.15, 0.2) is 5.96 Å². The Bertz CT molecular complexity index is 824. The zero-order valence-electron chi connectivity index (χ0n) is 17.6. The van der Waals surface area contributed by atoms with Crippen LogP contribution in [0.5, 0.6) is 0 Å². The number of guanidine groups is 1. The molecule has 2 N–H and O–H groups in total. The van der Waals surface area contributed by atoms with Gasteiger partial charge in [0.05, 0.1) is 17.8 Å². The van der Waals surface area contributed by atoms with Crippen molar-refractivity contribution in [1.82, 2.24) is 15.6 Å². The van der Waals surface area contributed by atoms with Gasteiger partial charge in [-0.05, 0) is 36.1 Å². The number of halogens is 4. The van der Waals surface area contributed by atoms with E-state index in [1.165, 1.54) is 12.1 Å². The first-order valence-electron chi connectivity index (χ1n) is 9.45. The van der Waals surface area contributed by atoms with Gasteiger partial charge >= 0.3 is 6.18 Å². The Balaban J connectivity index is 0.00000450. The molecule has 0 saturated heterocycles. The van der Waals surface area contributed by atoms with E-state index in [9.17, 15) is 13.2 Å². The number of hydrogen-bond donors (Lipinski definition) is 2. The van der Waals surface area contributed by atoms with Gasteiger partial charge in [0, 0.05) is 27.7 Å². The molecule has 0 fully saturated rings. The van der Waals surface area contributed by atoms with E-state index in [2.05, 4.69) is 20.6 Å². The molecule has 5 nitrogen and oxygen atoms in total. The fourth-order valence-electron chi connectivity index (χ4n) is 2.80. The average Bonchev–Trinajstić information content (AvgIpc) is 2.70. The molecule has 0 aliphatic heterocycles. The fourth-order valence-corrected chi connectivity index (χ4v) is 2.80. The summed E-state index contributed by atoms with van der Waals surface area (Å²) in [6.07, 6.45) is -3.64. The lowest BCUT2D eigenvalue weighted by atomic mass is 9.96. The summed E-state index contributed by atoms with van der Waals surface area (Å²) in [7, 11) is 5.55. The molecule has 1 aromatic carbocycles. The number of pyridine rings is 1. The Morgan fingerprint density at radius 1 is 1.13 bits per heavy atom. The molecule has 2 aromatic rings. The normalized spacial score (nSPS) is 12.7. The second kappa shape index (κ2) is 12.0. The van der Waals surface area contributed by atoms with Crippen LogP contribution in [0, 0.1) is 0 Å². The molecular formula is C21H29F3IN5. The van der Waals surface area contributed by atoms with E-state index in [4.69, 9.17) is 0 Å². The van der Waals surface area contributed by atoms with Crippen molar-refractivity contribution >= 4 is 35.8 Å². The topological polar surface area (TPSA) is 52.6 Å². The molecule has 0 radical (unpaired) electrons. The van der Waals surface area contributed by atoms with E-state index in [0.29, 0.717) is 31.0 Å². The predicted molar refractivity (Wildman–Crippen MR) is 127 cm³/mol. The van der Waals surface area contributed by atoms with Crippen LogP contribution in [0.1, 0.15) is 36.1 Å².